The van der Waals surface area contributed by atoms with Crippen LogP contribution in [0.4, 0.5) is 10.5 Å². The van der Waals surface area contributed by atoms with Crippen LogP contribution in [0.15, 0.2) is 34.9 Å². The molecule has 1 saturated carbocycles. The largest absolute Gasteiger partial charge is 0.480 e. The molecule has 1 atom stereocenters. The summed E-state index contributed by atoms with van der Waals surface area (Å²) in [7, 11) is 0. The maximum Gasteiger partial charge on any atom is 0.326 e. The number of urea groups is 1. The van der Waals surface area contributed by atoms with Crippen LogP contribution in [0.5, 0.6) is 0 Å². The first-order valence-corrected chi connectivity index (χ1v) is 10.5. The summed E-state index contributed by atoms with van der Waals surface area (Å²) in [5, 5.41) is 21.3. The number of nitrogens with zero attached hydrogens (tertiary/aromatic N) is 1. The molecule has 1 heterocycles. The van der Waals surface area contributed by atoms with Crippen molar-refractivity contribution in [2.24, 2.45) is 5.92 Å². The van der Waals surface area contributed by atoms with Crippen molar-refractivity contribution in [1.29, 1.82) is 0 Å². The molecule has 1 fully saturated rings. The number of hydrogen-bond donors (Lipinski definition) is 4. The van der Waals surface area contributed by atoms with E-state index < -0.39 is 17.9 Å². The molecular weight excluding hydrogens is 400 g/mol. The van der Waals surface area contributed by atoms with Gasteiger partial charge in [0.2, 0.25) is 5.76 Å². The number of benzene rings is 1. The minimum Gasteiger partial charge on any atom is -0.480 e. The normalized spacial score (nSPS) is 15.3. The third-order valence-electron chi connectivity index (χ3n) is 5.33. The molecular formula is C22H28N4O5. The Morgan fingerprint density at radius 3 is 2.39 bits per heavy atom. The number of carbonyl (C=O) groups is 3. The van der Waals surface area contributed by atoms with Crippen LogP contribution in [0, 0.1) is 5.92 Å². The Balaban J connectivity index is 1.58. The van der Waals surface area contributed by atoms with Gasteiger partial charge in [0.05, 0.1) is 0 Å². The van der Waals surface area contributed by atoms with Crippen molar-refractivity contribution in [2.75, 3.05) is 5.32 Å². The molecule has 9 heteroatoms. The number of aliphatic carboxylic acids is 1. The van der Waals surface area contributed by atoms with E-state index in [1.807, 2.05) is 0 Å². The number of aromatic nitrogens is 1. The van der Waals surface area contributed by atoms with Crippen LogP contribution in [0.2, 0.25) is 0 Å². The molecule has 0 spiro atoms. The minimum absolute atomic E-state index is 0.0732. The number of carbonyl (C=O) groups excluding carboxylic acids is 2. The molecule has 0 aliphatic heterocycles. The highest BCUT2D eigenvalue weighted by molar-refractivity contribution is 5.95. The van der Waals surface area contributed by atoms with Crippen LogP contribution in [0.1, 0.15) is 56.5 Å². The number of carboxylic acids is 1. The summed E-state index contributed by atoms with van der Waals surface area (Å²) < 4.78 is 5.09. The SMILES string of the molecule is CC(C)[C@H](NC(=O)c1cc(-c2ccc(NC(=O)NC3CCCCC3)cc2)no1)C(=O)O. The summed E-state index contributed by atoms with van der Waals surface area (Å²) in [6.07, 6.45) is 5.54. The zero-order valence-electron chi connectivity index (χ0n) is 17.7. The number of amides is 3. The Hall–Kier alpha value is -3.36. The highest BCUT2D eigenvalue weighted by Gasteiger charge is 2.26. The maximum atomic E-state index is 12.3. The van der Waals surface area contributed by atoms with Crippen LogP contribution in [0.3, 0.4) is 0 Å². The lowest BCUT2D eigenvalue weighted by molar-refractivity contribution is -0.140. The molecule has 3 rings (SSSR count). The van der Waals surface area contributed by atoms with Gasteiger partial charge in [-0.2, -0.15) is 0 Å². The van der Waals surface area contributed by atoms with Crippen LogP contribution in [0.25, 0.3) is 11.3 Å². The molecule has 0 unspecified atom stereocenters. The van der Waals surface area contributed by atoms with E-state index in [1.54, 1.807) is 38.1 Å². The van der Waals surface area contributed by atoms with Gasteiger partial charge in [0.25, 0.3) is 5.91 Å². The van der Waals surface area contributed by atoms with Gasteiger partial charge in [-0.25, -0.2) is 9.59 Å². The van der Waals surface area contributed by atoms with Crippen molar-refractivity contribution in [3.8, 4) is 11.3 Å². The van der Waals surface area contributed by atoms with Crippen molar-refractivity contribution in [1.82, 2.24) is 15.8 Å². The molecule has 1 aliphatic carbocycles. The first kappa shape index (κ1) is 22.3. The van der Waals surface area contributed by atoms with Gasteiger partial charge in [-0.05, 0) is 30.9 Å². The van der Waals surface area contributed by atoms with Gasteiger partial charge in [0.1, 0.15) is 11.7 Å². The summed E-state index contributed by atoms with van der Waals surface area (Å²) in [4.78, 5) is 35.7. The smallest absolute Gasteiger partial charge is 0.326 e. The Kier molecular flexibility index (Phi) is 7.28. The summed E-state index contributed by atoms with van der Waals surface area (Å²) >= 11 is 0. The Morgan fingerprint density at radius 2 is 1.77 bits per heavy atom. The zero-order chi connectivity index (χ0) is 22.4. The lowest BCUT2D eigenvalue weighted by Crippen LogP contribution is -2.44. The third kappa shape index (κ3) is 6.07. The summed E-state index contributed by atoms with van der Waals surface area (Å²) in [5.74, 6) is -2.11. The topological polar surface area (TPSA) is 134 Å². The van der Waals surface area contributed by atoms with E-state index in [2.05, 4.69) is 21.1 Å². The molecule has 0 radical (unpaired) electrons. The van der Waals surface area contributed by atoms with Crippen LogP contribution < -0.4 is 16.0 Å². The number of rotatable bonds is 7. The lowest BCUT2D eigenvalue weighted by atomic mass is 9.96. The first-order valence-electron chi connectivity index (χ1n) is 10.5. The predicted octanol–water partition coefficient (Wildman–Crippen LogP) is 3.63. The molecule has 9 nitrogen and oxygen atoms in total. The zero-order valence-corrected chi connectivity index (χ0v) is 17.7. The van der Waals surface area contributed by atoms with Gasteiger partial charge in [0, 0.05) is 23.4 Å². The summed E-state index contributed by atoms with van der Waals surface area (Å²) in [6, 6.07) is 7.42. The number of hydrogen-bond acceptors (Lipinski definition) is 5. The van der Waals surface area contributed by atoms with Crippen molar-refractivity contribution in [3.63, 3.8) is 0 Å². The average molecular weight is 428 g/mol. The standard InChI is InChI=1S/C22H28N4O5/c1-13(2)19(21(28)29)25-20(27)18-12-17(26-31-18)14-8-10-16(11-9-14)24-22(30)23-15-6-4-3-5-7-15/h8-13,15,19H,3-7H2,1-2H3,(H,25,27)(H,28,29)(H2,23,24,30)/t19-/m0/s1. The van der Waals surface area contributed by atoms with Crippen molar-refractivity contribution >= 4 is 23.6 Å². The van der Waals surface area contributed by atoms with Crippen molar-refractivity contribution in [3.05, 3.63) is 36.1 Å². The van der Waals surface area contributed by atoms with E-state index in [4.69, 9.17) is 4.52 Å². The minimum atomic E-state index is -1.11. The highest BCUT2D eigenvalue weighted by atomic mass is 16.5. The van der Waals surface area contributed by atoms with Gasteiger partial charge >= 0.3 is 12.0 Å². The average Bonchev–Trinajstić information content (AvgIpc) is 3.23. The van der Waals surface area contributed by atoms with Crippen LogP contribution in [-0.2, 0) is 4.79 Å². The van der Waals surface area contributed by atoms with Gasteiger partial charge in [-0.1, -0.05) is 50.4 Å². The Labute approximate surface area is 180 Å². The fraction of sp³-hybridized carbons (Fsp3) is 0.455. The molecule has 1 aromatic carbocycles. The second-order valence-corrected chi connectivity index (χ2v) is 8.12. The number of nitrogens with one attached hydrogen (secondary N) is 3. The van der Waals surface area contributed by atoms with E-state index in [-0.39, 0.29) is 23.8 Å². The first-order chi connectivity index (χ1) is 14.8. The van der Waals surface area contributed by atoms with Crippen molar-refractivity contribution in [2.45, 2.75) is 58.0 Å². The lowest BCUT2D eigenvalue weighted by Gasteiger charge is -2.22. The summed E-state index contributed by atoms with van der Waals surface area (Å²) in [6.45, 7) is 3.41. The van der Waals surface area contributed by atoms with E-state index in [0.717, 1.165) is 25.7 Å². The van der Waals surface area contributed by atoms with Crippen molar-refractivity contribution < 1.29 is 24.0 Å². The second-order valence-electron chi connectivity index (χ2n) is 8.12. The Morgan fingerprint density at radius 1 is 1.10 bits per heavy atom. The van der Waals surface area contributed by atoms with Crippen LogP contribution in [-0.4, -0.2) is 40.3 Å². The number of carboxylic acid groups (broad SMARTS) is 1. The van der Waals surface area contributed by atoms with Gasteiger partial charge in [0.15, 0.2) is 0 Å². The fourth-order valence-corrected chi connectivity index (χ4v) is 3.57. The fourth-order valence-electron chi connectivity index (χ4n) is 3.57. The molecule has 0 saturated heterocycles. The molecule has 1 aromatic heterocycles. The molecule has 3 amide bonds. The Bertz CT molecular complexity index is 916. The highest BCUT2D eigenvalue weighted by Crippen LogP contribution is 2.22. The predicted molar refractivity (Wildman–Crippen MR) is 115 cm³/mol. The van der Waals surface area contributed by atoms with E-state index >= 15 is 0 Å². The monoisotopic (exact) mass is 428 g/mol. The number of anilines is 1. The van der Waals surface area contributed by atoms with Crippen LogP contribution >= 0.6 is 0 Å². The molecule has 1 aliphatic rings. The van der Waals surface area contributed by atoms with E-state index in [9.17, 15) is 19.5 Å². The summed E-state index contributed by atoms with van der Waals surface area (Å²) in [5.41, 5.74) is 1.76. The van der Waals surface area contributed by atoms with Gasteiger partial charge in [-0.15, -0.1) is 0 Å². The molecule has 2 aromatic rings. The molecule has 166 valence electrons. The van der Waals surface area contributed by atoms with Gasteiger partial charge in [-0.3, -0.25) is 4.79 Å². The quantitative estimate of drug-likeness (QED) is 0.532. The third-order valence-corrected chi connectivity index (χ3v) is 5.33. The molecule has 31 heavy (non-hydrogen) atoms. The molecule has 4 N–H and O–H groups in total. The van der Waals surface area contributed by atoms with E-state index in [1.165, 1.54) is 12.5 Å². The van der Waals surface area contributed by atoms with Gasteiger partial charge < -0.3 is 25.6 Å². The molecule has 0 bridgehead atoms. The maximum absolute atomic E-state index is 12.3. The second kappa shape index (κ2) is 10.1. The van der Waals surface area contributed by atoms with E-state index in [0.29, 0.717) is 16.9 Å².